The lowest BCUT2D eigenvalue weighted by Crippen LogP contribution is -2.51. The van der Waals surface area contributed by atoms with Crippen LogP contribution in [0.4, 0.5) is 0 Å². The highest BCUT2D eigenvalue weighted by atomic mass is 16.5. The van der Waals surface area contributed by atoms with E-state index in [2.05, 4.69) is 47.6 Å². The van der Waals surface area contributed by atoms with Gasteiger partial charge >= 0.3 is 0 Å². The second-order valence-corrected chi connectivity index (χ2v) is 14.8. The highest BCUT2D eigenvalue weighted by Crippen LogP contribution is 2.67. The summed E-state index contributed by atoms with van der Waals surface area (Å²) in [5.74, 6) is 5.88. The molecule has 0 saturated heterocycles. The highest BCUT2D eigenvalue weighted by molar-refractivity contribution is 5.78. The van der Waals surface area contributed by atoms with Crippen LogP contribution in [0.2, 0.25) is 0 Å². The van der Waals surface area contributed by atoms with Crippen LogP contribution in [0.5, 0.6) is 0 Å². The molecule has 4 aliphatic rings. The number of rotatable bonds is 13. The Labute approximate surface area is 230 Å². The van der Waals surface area contributed by atoms with Gasteiger partial charge in [0.05, 0.1) is 6.10 Å². The Morgan fingerprint density at radius 2 is 1.78 bits per heavy atom. The van der Waals surface area contributed by atoms with Gasteiger partial charge in [0.2, 0.25) is 0 Å². The summed E-state index contributed by atoms with van der Waals surface area (Å²) in [4.78, 5) is 11.8. The normalized spacial score (nSPS) is 38.0. The summed E-state index contributed by atoms with van der Waals surface area (Å²) >= 11 is 0. The minimum Gasteiger partial charge on any atom is -0.378 e. The maximum atomic E-state index is 11.8. The molecule has 4 unspecified atom stereocenters. The van der Waals surface area contributed by atoms with E-state index in [1.54, 1.807) is 5.57 Å². The van der Waals surface area contributed by atoms with Crippen molar-refractivity contribution in [3.63, 3.8) is 0 Å². The first-order valence-corrected chi connectivity index (χ1v) is 16.5. The van der Waals surface area contributed by atoms with E-state index < -0.39 is 0 Å². The van der Waals surface area contributed by atoms with Crippen molar-refractivity contribution in [2.24, 2.45) is 46.3 Å². The summed E-state index contributed by atoms with van der Waals surface area (Å²) in [6.07, 6.45) is 22.8. The van der Waals surface area contributed by atoms with E-state index in [4.69, 9.17) is 4.74 Å². The van der Waals surface area contributed by atoms with E-state index in [-0.39, 0.29) is 0 Å². The molecule has 0 aromatic heterocycles. The number of ether oxygens (including phenoxy) is 1. The zero-order valence-electron chi connectivity index (χ0n) is 25.5. The largest absolute Gasteiger partial charge is 0.378 e. The fourth-order valence-corrected chi connectivity index (χ4v) is 9.87. The summed E-state index contributed by atoms with van der Waals surface area (Å²) in [5.41, 5.74) is 2.74. The molecular formula is C35H60O2. The van der Waals surface area contributed by atoms with Gasteiger partial charge in [-0.15, -0.1) is 0 Å². The number of ketones is 1. The Morgan fingerprint density at radius 1 is 0.973 bits per heavy atom. The molecule has 2 nitrogen and oxygen atoms in total. The third kappa shape index (κ3) is 6.41. The number of hydrogen-bond acceptors (Lipinski definition) is 2. The van der Waals surface area contributed by atoms with Crippen LogP contribution >= 0.6 is 0 Å². The molecule has 3 fully saturated rings. The van der Waals surface area contributed by atoms with Gasteiger partial charge in [-0.2, -0.15) is 0 Å². The van der Waals surface area contributed by atoms with Gasteiger partial charge in [0, 0.05) is 19.4 Å². The van der Waals surface area contributed by atoms with Crippen molar-refractivity contribution in [3.05, 3.63) is 11.6 Å². The number of carbonyl (C=O) groups is 1. The zero-order valence-corrected chi connectivity index (χ0v) is 25.5. The van der Waals surface area contributed by atoms with Crippen molar-refractivity contribution in [2.45, 2.75) is 150 Å². The third-order valence-corrected chi connectivity index (χ3v) is 12.0. The van der Waals surface area contributed by atoms with Crippen molar-refractivity contribution in [2.75, 3.05) is 6.61 Å². The smallest absolute Gasteiger partial charge is 0.132 e. The van der Waals surface area contributed by atoms with Gasteiger partial charge in [-0.25, -0.2) is 0 Å². The molecule has 0 amide bonds. The van der Waals surface area contributed by atoms with Gasteiger partial charge in [0.25, 0.3) is 0 Å². The quantitative estimate of drug-likeness (QED) is 0.181. The molecule has 0 radical (unpaired) electrons. The van der Waals surface area contributed by atoms with Crippen molar-refractivity contribution in [1.29, 1.82) is 0 Å². The Morgan fingerprint density at radius 3 is 2.54 bits per heavy atom. The minimum atomic E-state index is 0.402. The molecule has 0 N–H and O–H groups in total. The predicted molar refractivity (Wildman–Crippen MR) is 157 cm³/mol. The van der Waals surface area contributed by atoms with Crippen LogP contribution in [-0.2, 0) is 9.53 Å². The third-order valence-electron chi connectivity index (χ3n) is 12.0. The molecule has 0 spiro atoms. The van der Waals surface area contributed by atoms with E-state index in [0.717, 1.165) is 80.6 Å². The average Bonchev–Trinajstić information content (AvgIpc) is 3.21. The van der Waals surface area contributed by atoms with Crippen molar-refractivity contribution < 1.29 is 9.53 Å². The van der Waals surface area contributed by atoms with Crippen LogP contribution in [0.25, 0.3) is 0 Å². The number of allylic oxidation sites excluding steroid dienone is 1. The minimum absolute atomic E-state index is 0.402. The first kappa shape index (κ1) is 29.4. The lowest BCUT2D eigenvalue weighted by Gasteiger charge is -2.58. The maximum absolute atomic E-state index is 11.8. The Bertz CT molecular complexity index is 782. The van der Waals surface area contributed by atoms with Gasteiger partial charge in [0.15, 0.2) is 0 Å². The molecule has 0 bridgehead atoms. The molecule has 0 aromatic rings. The molecule has 4 rings (SSSR count). The van der Waals surface area contributed by atoms with Crippen LogP contribution in [0.1, 0.15) is 144 Å². The van der Waals surface area contributed by atoms with E-state index in [1.165, 1.54) is 64.2 Å². The van der Waals surface area contributed by atoms with E-state index in [0.29, 0.717) is 22.7 Å². The van der Waals surface area contributed by atoms with Crippen molar-refractivity contribution >= 4 is 5.78 Å². The summed E-state index contributed by atoms with van der Waals surface area (Å²) in [6, 6.07) is 0. The Kier molecular flexibility index (Phi) is 10.1. The van der Waals surface area contributed by atoms with Gasteiger partial charge in [-0.05, 0) is 117 Å². The monoisotopic (exact) mass is 512 g/mol. The van der Waals surface area contributed by atoms with Crippen LogP contribution in [-0.4, -0.2) is 18.5 Å². The van der Waals surface area contributed by atoms with E-state index in [1.807, 2.05) is 0 Å². The Balaban J connectivity index is 1.31. The van der Waals surface area contributed by atoms with Gasteiger partial charge in [0.1, 0.15) is 5.78 Å². The van der Waals surface area contributed by atoms with Crippen LogP contribution in [0.15, 0.2) is 11.6 Å². The summed E-state index contributed by atoms with van der Waals surface area (Å²) < 4.78 is 6.38. The average molecular weight is 513 g/mol. The van der Waals surface area contributed by atoms with Crippen molar-refractivity contribution in [3.8, 4) is 0 Å². The van der Waals surface area contributed by atoms with E-state index >= 15 is 0 Å². The summed E-state index contributed by atoms with van der Waals surface area (Å²) in [7, 11) is 0. The number of Topliss-reactive ketones (excluding diaryl/α,β-unsaturated/α-hetero) is 1. The first-order chi connectivity index (χ1) is 17.7. The lowest BCUT2D eigenvalue weighted by atomic mass is 9.47. The molecule has 8 atom stereocenters. The predicted octanol–water partition coefficient (Wildman–Crippen LogP) is 9.95. The number of hydrogen-bond donors (Lipinski definition) is 0. The highest BCUT2D eigenvalue weighted by Gasteiger charge is 2.59. The second kappa shape index (κ2) is 12.7. The molecule has 37 heavy (non-hydrogen) atoms. The van der Waals surface area contributed by atoms with Crippen LogP contribution in [0.3, 0.4) is 0 Å². The lowest BCUT2D eigenvalue weighted by molar-refractivity contribution is -0.119. The number of carbonyl (C=O) groups excluding carboxylic acids is 1. The van der Waals surface area contributed by atoms with E-state index in [9.17, 15) is 4.79 Å². The molecule has 0 aromatic carbocycles. The fourth-order valence-electron chi connectivity index (χ4n) is 9.87. The van der Waals surface area contributed by atoms with Crippen LogP contribution in [0, 0.1) is 46.3 Å². The molecule has 3 saturated carbocycles. The number of unbranched alkanes of at least 4 members (excludes halogenated alkanes) is 1. The second-order valence-electron chi connectivity index (χ2n) is 14.8. The molecule has 0 heterocycles. The van der Waals surface area contributed by atoms with Gasteiger partial charge < -0.3 is 4.74 Å². The molecule has 4 aliphatic carbocycles. The molecular weight excluding hydrogens is 452 g/mol. The summed E-state index contributed by atoms with van der Waals surface area (Å²) in [6.45, 7) is 15.6. The zero-order chi connectivity index (χ0) is 26.6. The molecule has 212 valence electrons. The maximum Gasteiger partial charge on any atom is 0.132 e. The van der Waals surface area contributed by atoms with Gasteiger partial charge in [-0.1, -0.05) is 72.5 Å². The SMILES string of the molecule is CCCC(=O)CCCCO[C@H]1CCC2(C)C(=CC[C@H]3C2CCC2(C)C([C@H](C)CCCC(C)C)CC[C@@H]32)C1. The standard InChI is InChI=1S/C35H60O2/c1-7-11-28(36)14-8-9-23-37-29-19-21-34(5)27(24-29)15-16-30-32-18-17-31(26(4)13-10-12-25(2)3)35(32,6)22-20-33(30)34/h15,25-26,29-33H,7-14,16-24H2,1-6H3/t26-,29+,30-,31?,32+,33?,34?,35?/m1/s1. The van der Waals surface area contributed by atoms with Crippen molar-refractivity contribution in [1.82, 2.24) is 0 Å². The van der Waals surface area contributed by atoms with Gasteiger partial charge in [-0.3, -0.25) is 4.79 Å². The number of fused-ring (bicyclic) bond motifs is 5. The Hall–Kier alpha value is -0.630. The first-order valence-electron chi connectivity index (χ1n) is 16.5. The molecule has 0 aliphatic heterocycles. The summed E-state index contributed by atoms with van der Waals surface area (Å²) in [5, 5.41) is 0. The fraction of sp³-hybridized carbons (Fsp3) is 0.914. The molecule has 2 heteroatoms. The van der Waals surface area contributed by atoms with Crippen LogP contribution < -0.4 is 0 Å². The topological polar surface area (TPSA) is 26.3 Å².